The second-order valence-electron chi connectivity index (χ2n) is 4.03. The third-order valence-corrected chi connectivity index (χ3v) is 3.73. The molecule has 0 aliphatic carbocycles. The summed E-state index contributed by atoms with van der Waals surface area (Å²) in [6.07, 6.45) is 2.18. The SMILES string of the molecule is Cc1nsc(NCC(=O)N2CCCC2)c1C#N. The first kappa shape index (κ1) is 11.9. The van der Waals surface area contributed by atoms with Gasteiger partial charge in [0.15, 0.2) is 0 Å². The number of aromatic nitrogens is 1. The van der Waals surface area contributed by atoms with Gasteiger partial charge in [0.05, 0.1) is 12.2 Å². The van der Waals surface area contributed by atoms with E-state index in [0.29, 0.717) is 16.3 Å². The Balaban J connectivity index is 1.93. The van der Waals surface area contributed by atoms with Crippen LogP contribution in [0.2, 0.25) is 0 Å². The molecule has 90 valence electrons. The molecule has 0 bridgehead atoms. The van der Waals surface area contributed by atoms with Crippen LogP contribution < -0.4 is 5.32 Å². The molecule has 2 rings (SSSR count). The molecule has 0 unspecified atom stereocenters. The molecule has 0 saturated carbocycles. The summed E-state index contributed by atoms with van der Waals surface area (Å²) in [5.41, 5.74) is 1.26. The summed E-state index contributed by atoms with van der Waals surface area (Å²) in [4.78, 5) is 13.6. The highest BCUT2D eigenvalue weighted by Gasteiger charge is 2.18. The maximum atomic E-state index is 11.8. The van der Waals surface area contributed by atoms with E-state index >= 15 is 0 Å². The molecule has 2 heterocycles. The second-order valence-corrected chi connectivity index (χ2v) is 4.80. The number of nitrogens with zero attached hydrogens (tertiary/aromatic N) is 3. The van der Waals surface area contributed by atoms with E-state index in [1.165, 1.54) is 11.5 Å². The van der Waals surface area contributed by atoms with E-state index < -0.39 is 0 Å². The quantitative estimate of drug-likeness (QED) is 0.879. The molecule has 1 aromatic heterocycles. The Morgan fingerprint density at radius 3 is 2.94 bits per heavy atom. The van der Waals surface area contributed by atoms with Crippen molar-refractivity contribution in [3.8, 4) is 6.07 Å². The van der Waals surface area contributed by atoms with Crippen molar-refractivity contribution in [2.24, 2.45) is 0 Å². The molecule has 1 aromatic rings. The maximum absolute atomic E-state index is 11.8. The molecule has 1 fully saturated rings. The molecule has 0 spiro atoms. The minimum atomic E-state index is 0.0949. The van der Waals surface area contributed by atoms with E-state index in [9.17, 15) is 4.79 Å². The molecule has 1 aliphatic heterocycles. The Kier molecular flexibility index (Phi) is 3.59. The van der Waals surface area contributed by atoms with E-state index in [-0.39, 0.29) is 12.5 Å². The van der Waals surface area contributed by atoms with Gasteiger partial charge >= 0.3 is 0 Å². The zero-order chi connectivity index (χ0) is 12.3. The third kappa shape index (κ3) is 2.56. The van der Waals surface area contributed by atoms with Crippen LogP contribution in [0, 0.1) is 18.3 Å². The van der Waals surface area contributed by atoms with Crippen molar-refractivity contribution in [1.29, 1.82) is 5.26 Å². The minimum Gasteiger partial charge on any atom is -0.366 e. The monoisotopic (exact) mass is 250 g/mol. The lowest BCUT2D eigenvalue weighted by atomic mass is 10.3. The highest BCUT2D eigenvalue weighted by atomic mass is 32.1. The van der Waals surface area contributed by atoms with Gasteiger partial charge in [-0.2, -0.15) is 9.64 Å². The number of likely N-dealkylation sites (tertiary alicyclic amines) is 1. The van der Waals surface area contributed by atoms with Gasteiger partial charge in [0.1, 0.15) is 16.6 Å². The number of aryl methyl sites for hydroxylation is 1. The van der Waals surface area contributed by atoms with Gasteiger partial charge in [-0.25, -0.2) is 0 Å². The topological polar surface area (TPSA) is 69.0 Å². The summed E-state index contributed by atoms with van der Waals surface area (Å²) in [6, 6.07) is 2.10. The number of hydrogen-bond donors (Lipinski definition) is 1. The summed E-state index contributed by atoms with van der Waals surface area (Å²) in [5.74, 6) is 0.0949. The maximum Gasteiger partial charge on any atom is 0.241 e. The fourth-order valence-electron chi connectivity index (χ4n) is 1.86. The van der Waals surface area contributed by atoms with Crippen molar-refractivity contribution < 1.29 is 4.79 Å². The first-order valence-electron chi connectivity index (χ1n) is 5.60. The molecule has 5 nitrogen and oxygen atoms in total. The number of nitriles is 1. The average molecular weight is 250 g/mol. The van der Waals surface area contributed by atoms with Crippen LogP contribution in [0.25, 0.3) is 0 Å². The van der Waals surface area contributed by atoms with Gasteiger partial charge in [-0.15, -0.1) is 0 Å². The van der Waals surface area contributed by atoms with Gasteiger partial charge in [0.2, 0.25) is 5.91 Å². The first-order valence-corrected chi connectivity index (χ1v) is 6.37. The van der Waals surface area contributed by atoms with Crippen LogP contribution in [-0.2, 0) is 4.79 Å². The fraction of sp³-hybridized carbons (Fsp3) is 0.545. The Morgan fingerprint density at radius 1 is 1.59 bits per heavy atom. The molecule has 0 radical (unpaired) electrons. The van der Waals surface area contributed by atoms with E-state index in [2.05, 4.69) is 15.8 Å². The number of carbonyl (C=O) groups excluding carboxylic acids is 1. The largest absolute Gasteiger partial charge is 0.366 e. The molecule has 1 N–H and O–H groups in total. The Labute approximate surface area is 104 Å². The van der Waals surface area contributed by atoms with Crippen molar-refractivity contribution in [3.05, 3.63) is 11.3 Å². The summed E-state index contributed by atoms with van der Waals surface area (Å²) < 4.78 is 4.09. The van der Waals surface area contributed by atoms with Gasteiger partial charge in [-0.05, 0) is 31.3 Å². The number of rotatable bonds is 3. The second kappa shape index (κ2) is 5.15. The Bertz CT molecular complexity index is 457. The molecule has 1 amide bonds. The van der Waals surface area contributed by atoms with Crippen LogP contribution >= 0.6 is 11.5 Å². The molecular formula is C11H14N4OS. The first-order chi connectivity index (χ1) is 8.22. The van der Waals surface area contributed by atoms with Gasteiger partial charge in [-0.3, -0.25) is 4.79 Å². The van der Waals surface area contributed by atoms with Gasteiger partial charge in [0.25, 0.3) is 0 Å². The van der Waals surface area contributed by atoms with Crippen molar-refractivity contribution in [1.82, 2.24) is 9.27 Å². The number of anilines is 1. The molecule has 1 saturated heterocycles. The van der Waals surface area contributed by atoms with Gasteiger partial charge in [-0.1, -0.05) is 0 Å². The van der Waals surface area contributed by atoms with Crippen molar-refractivity contribution in [3.63, 3.8) is 0 Å². The summed E-state index contributed by atoms with van der Waals surface area (Å²) >= 11 is 1.23. The predicted octanol–water partition coefficient (Wildman–Crippen LogP) is 1.36. The van der Waals surface area contributed by atoms with Crippen LogP contribution in [0.1, 0.15) is 24.1 Å². The fourth-order valence-corrected chi connectivity index (χ4v) is 2.60. The Hall–Kier alpha value is -1.61. The van der Waals surface area contributed by atoms with Crippen LogP contribution in [0.5, 0.6) is 0 Å². The summed E-state index contributed by atoms with van der Waals surface area (Å²) in [7, 11) is 0. The average Bonchev–Trinajstić information content (AvgIpc) is 2.95. The summed E-state index contributed by atoms with van der Waals surface area (Å²) in [6.45, 7) is 3.75. The number of hydrogen-bond acceptors (Lipinski definition) is 5. The predicted molar refractivity (Wildman–Crippen MR) is 65.9 cm³/mol. The van der Waals surface area contributed by atoms with Crippen LogP contribution in [-0.4, -0.2) is 34.8 Å². The molecular weight excluding hydrogens is 236 g/mol. The van der Waals surface area contributed by atoms with E-state index in [1.54, 1.807) is 6.92 Å². The van der Waals surface area contributed by atoms with Gasteiger partial charge < -0.3 is 10.2 Å². The zero-order valence-electron chi connectivity index (χ0n) is 9.69. The highest BCUT2D eigenvalue weighted by molar-refractivity contribution is 7.10. The standard InChI is InChI=1S/C11H14N4OS/c1-8-9(6-12)11(17-14-8)13-7-10(16)15-4-2-3-5-15/h13H,2-5,7H2,1H3. The summed E-state index contributed by atoms with van der Waals surface area (Å²) in [5, 5.41) is 12.6. The Morgan fingerprint density at radius 2 is 2.29 bits per heavy atom. The van der Waals surface area contributed by atoms with Crippen LogP contribution in [0.4, 0.5) is 5.00 Å². The highest BCUT2D eigenvalue weighted by Crippen LogP contribution is 2.23. The lowest BCUT2D eigenvalue weighted by molar-refractivity contribution is -0.128. The molecule has 17 heavy (non-hydrogen) atoms. The molecule has 1 aliphatic rings. The van der Waals surface area contributed by atoms with E-state index in [0.717, 1.165) is 25.9 Å². The lowest BCUT2D eigenvalue weighted by Crippen LogP contribution is -2.32. The minimum absolute atomic E-state index is 0.0949. The normalized spacial score (nSPS) is 14.7. The number of carbonyl (C=O) groups is 1. The lowest BCUT2D eigenvalue weighted by Gasteiger charge is -2.15. The van der Waals surface area contributed by atoms with Crippen molar-refractivity contribution >= 4 is 22.4 Å². The molecule has 0 aromatic carbocycles. The molecule has 0 atom stereocenters. The van der Waals surface area contributed by atoms with E-state index in [4.69, 9.17) is 5.26 Å². The zero-order valence-corrected chi connectivity index (χ0v) is 10.5. The van der Waals surface area contributed by atoms with Gasteiger partial charge in [0, 0.05) is 13.1 Å². The van der Waals surface area contributed by atoms with Crippen LogP contribution in [0.3, 0.4) is 0 Å². The molecule has 6 heteroatoms. The van der Waals surface area contributed by atoms with Crippen LogP contribution in [0.15, 0.2) is 0 Å². The van der Waals surface area contributed by atoms with Crippen molar-refractivity contribution in [2.75, 3.05) is 25.0 Å². The smallest absolute Gasteiger partial charge is 0.241 e. The third-order valence-electron chi connectivity index (χ3n) is 2.83. The number of nitrogens with one attached hydrogen (secondary N) is 1. The number of amides is 1. The van der Waals surface area contributed by atoms with Crippen molar-refractivity contribution in [2.45, 2.75) is 19.8 Å². The van der Waals surface area contributed by atoms with E-state index in [1.807, 2.05) is 4.90 Å².